The summed E-state index contributed by atoms with van der Waals surface area (Å²) in [4.78, 5) is 10.6. The van der Waals surface area contributed by atoms with E-state index in [1.54, 1.807) is 4.68 Å². The predicted octanol–water partition coefficient (Wildman–Crippen LogP) is -0.00750. The smallest absolute Gasteiger partial charge is 0.358 e. The number of carbonyl (C=O) groups is 1. The Balaban J connectivity index is 1.63. The molecule has 0 unspecified atom stereocenters. The fourth-order valence-electron chi connectivity index (χ4n) is 1.96. The third kappa shape index (κ3) is 3.78. The Bertz CT molecular complexity index is 387. The van der Waals surface area contributed by atoms with E-state index in [9.17, 15) is 4.79 Å². The SMILES string of the molecule is O=C(O)c1cn(CCNCC2CCOCC2)nn1. The summed E-state index contributed by atoms with van der Waals surface area (Å²) in [6, 6.07) is 0. The van der Waals surface area contributed by atoms with Crippen molar-refractivity contribution >= 4 is 5.97 Å². The zero-order chi connectivity index (χ0) is 12.8. The van der Waals surface area contributed by atoms with Crippen molar-refractivity contribution < 1.29 is 14.6 Å². The molecule has 0 radical (unpaired) electrons. The van der Waals surface area contributed by atoms with Crippen molar-refractivity contribution in [3.05, 3.63) is 11.9 Å². The van der Waals surface area contributed by atoms with Gasteiger partial charge in [-0.2, -0.15) is 0 Å². The maximum absolute atomic E-state index is 10.6. The summed E-state index contributed by atoms with van der Waals surface area (Å²) < 4.78 is 6.84. The standard InChI is InChI=1S/C11H18N4O3/c16-11(17)10-8-15(14-13-10)4-3-12-7-9-1-5-18-6-2-9/h8-9,12H,1-7H2,(H,16,17). The van der Waals surface area contributed by atoms with Crippen LogP contribution in [-0.4, -0.2) is 52.4 Å². The van der Waals surface area contributed by atoms with Crippen molar-refractivity contribution in [1.29, 1.82) is 0 Å². The van der Waals surface area contributed by atoms with Crippen LogP contribution in [0.4, 0.5) is 0 Å². The molecule has 1 aromatic heterocycles. The summed E-state index contributed by atoms with van der Waals surface area (Å²) in [5.74, 6) is -0.361. The van der Waals surface area contributed by atoms with Gasteiger partial charge in [0.05, 0.1) is 12.7 Å². The number of aromatic carboxylic acids is 1. The summed E-state index contributed by atoms with van der Waals surface area (Å²) in [6.07, 6.45) is 3.66. The Hall–Kier alpha value is -1.47. The molecule has 1 fully saturated rings. The third-order valence-electron chi connectivity index (χ3n) is 3.05. The van der Waals surface area contributed by atoms with Gasteiger partial charge >= 0.3 is 5.97 Å². The number of ether oxygens (including phenoxy) is 1. The minimum Gasteiger partial charge on any atom is -0.476 e. The summed E-state index contributed by atoms with van der Waals surface area (Å²) in [5, 5.41) is 19.3. The Morgan fingerprint density at radius 1 is 1.56 bits per heavy atom. The first-order valence-corrected chi connectivity index (χ1v) is 6.17. The molecule has 0 spiro atoms. The maximum atomic E-state index is 10.6. The molecule has 1 aliphatic rings. The van der Waals surface area contributed by atoms with Crippen LogP contribution in [0.15, 0.2) is 6.20 Å². The summed E-state index contributed by atoms with van der Waals surface area (Å²) in [7, 11) is 0. The molecular formula is C11H18N4O3. The third-order valence-corrected chi connectivity index (χ3v) is 3.05. The molecule has 1 aromatic rings. The van der Waals surface area contributed by atoms with Gasteiger partial charge < -0.3 is 15.2 Å². The molecule has 7 heteroatoms. The lowest BCUT2D eigenvalue weighted by Crippen LogP contribution is -2.30. The fraction of sp³-hybridized carbons (Fsp3) is 0.727. The zero-order valence-electron chi connectivity index (χ0n) is 10.2. The van der Waals surface area contributed by atoms with Crippen LogP contribution in [0, 0.1) is 5.92 Å². The molecule has 0 amide bonds. The van der Waals surface area contributed by atoms with Gasteiger partial charge in [-0.1, -0.05) is 5.21 Å². The fourth-order valence-corrected chi connectivity index (χ4v) is 1.96. The van der Waals surface area contributed by atoms with Crippen LogP contribution in [0.3, 0.4) is 0 Å². The average Bonchev–Trinajstić information content (AvgIpc) is 2.85. The number of rotatable bonds is 6. The van der Waals surface area contributed by atoms with Gasteiger partial charge in [0.15, 0.2) is 5.69 Å². The molecule has 18 heavy (non-hydrogen) atoms. The summed E-state index contributed by atoms with van der Waals surface area (Å²) in [6.45, 7) is 4.09. The van der Waals surface area contributed by atoms with Gasteiger partial charge in [0.2, 0.25) is 0 Å². The van der Waals surface area contributed by atoms with Gasteiger partial charge in [-0.25, -0.2) is 4.79 Å². The first-order valence-electron chi connectivity index (χ1n) is 6.17. The molecular weight excluding hydrogens is 236 g/mol. The molecule has 1 saturated heterocycles. The molecule has 0 bridgehead atoms. The van der Waals surface area contributed by atoms with Gasteiger partial charge in [0, 0.05) is 19.8 Å². The molecule has 0 atom stereocenters. The van der Waals surface area contributed by atoms with Crippen LogP contribution in [0.2, 0.25) is 0 Å². The van der Waals surface area contributed by atoms with Crippen LogP contribution < -0.4 is 5.32 Å². The molecule has 100 valence electrons. The van der Waals surface area contributed by atoms with E-state index in [4.69, 9.17) is 9.84 Å². The second kappa shape index (κ2) is 6.46. The number of nitrogens with one attached hydrogen (secondary N) is 1. The quantitative estimate of drug-likeness (QED) is 0.694. The minimum absolute atomic E-state index is 0.0144. The number of nitrogens with zero attached hydrogens (tertiary/aromatic N) is 3. The van der Waals surface area contributed by atoms with E-state index in [2.05, 4.69) is 15.6 Å². The summed E-state index contributed by atoms with van der Waals surface area (Å²) >= 11 is 0. The van der Waals surface area contributed by atoms with Gasteiger partial charge in [-0.15, -0.1) is 5.10 Å². The Morgan fingerprint density at radius 2 is 2.33 bits per heavy atom. The molecule has 2 heterocycles. The lowest BCUT2D eigenvalue weighted by Gasteiger charge is -2.22. The molecule has 0 aliphatic carbocycles. The lowest BCUT2D eigenvalue weighted by atomic mass is 10.0. The number of hydrogen-bond donors (Lipinski definition) is 2. The molecule has 1 aliphatic heterocycles. The van der Waals surface area contributed by atoms with Crippen molar-refractivity contribution in [2.24, 2.45) is 5.92 Å². The van der Waals surface area contributed by atoms with Crippen LogP contribution in [0.25, 0.3) is 0 Å². The predicted molar refractivity (Wildman–Crippen MR) is 63.4 cm³/mol. The number of carboxylic acids is 1. The van der Waals surface area contributed by atoms with E-state index in [0.717, 1.165) is 39.1 Å². The number of aromatic nitrogens is 3. The zero-order valence-corrected chi connectivity index (χ0v) is 10.2. The van der Waals surface area contributed by atoms with Crippen LogP contribution in [0.1, 0.15) is 23.3 Å². The van der Waals surface area contributed by atoms with E-state index < -0.39 is 5.97 Å². The normalized spacial score (nSPS) is 16.9. The minimum atomic E-state index is -1.04. The van der Waals surface area contributed by atoms with Gasteiger partial charge in [-0.05, 0) is 25.3 Å². The van der Waals surface area contributed by atoms with Gasteiger partial charge in [0.25, 0.3) is 0 Å². The number of carboxylic acid groups (broad SMARTS) is 1. The first kappa shape index (κ1) is 13.0. The highest BCUT2D eigenvalue weighted by atomic mass is 16.5. The van der Waals surface area contributed by atoms with Crippen molar-refractivity contribution in [3.63, 3.8) is 0 Å². The van der Waals surface area contributed by atoms with E-state index in [1.165, 1.54) is 6.20 Å². The van der Waals surface area contributed by atoms with Gasteiger partial charge in [-0.3, -0.25) is 4.68 Å². The summed E-state index contributed by atoms with van der Waals surface area (Å²) in [5.41, 5.74) is -0.0144. The van der Waals surface area contributed by atoms with E-state index >= 15 is 0 Å². The largest absolute Gasteiger partial charge is 0.476 e. The topological polar surface area (TPSA) is 89.3 Å². The van der Waals surface area contributed by atoms with Crippen LogP contribution in [0.5, 0.6) is 0 Å². The van der Waals surface area contributed by atoms with Crippen molar-refractivity contribution in [1.82, 2.24) is 20.3 Å². The van der Waals surface area contributed by atoms with Crippen molar-refractivity contribution in [2.75, 3.05) is 26.3 Å². The second-order valence-corrected chi connectivity index (χ2v) is 4.43. The lowest BCUT2D eigenvalue weighted by molar-refractivity contribution is 0.0662. The first-order chi connectivity index (χ1) is 8.75. The van der Waals surface area contributed by atoms with E-state index in [-0.39, 0.29) is 5.69 Å². The van der Waals surface area contributed by atoms with Crippen molar-refractivity contribution in [2.45, 2.75) is 19.4 Å². The van der Waals surface area contributed by atoms with E-state index in [0.29, 0.717) is 12.5 Å². The molecule has 0 aromatic carbocycles. The monoisotopic (exact) mass is 254 g/mol. The highest BCUT2D eigenvalue weighted by molar-refractivity contribution is 5.84. The maximum Gasteiger partial charge on any atom is 0.358 e. The van der Waals surface area contributed by atoms with Crippen LogP contribution >= 0.6 is 0 Å². The number of hydrogen-bond acceptors (Lipinski definition) is 5. The molecule has 7 nitrogen and oxygen atoms in total. The average molecular weight is 254 g/mol. The van der Waals surface area contributed by atoms with Gasteiger partial charge in [0.1, 0.15) is 0 Å². The van der Waals surface area contributed by atoms with E-state index in [1.807, 2.05) is 0 Å². The van der Waals surface area contributed by atoms with Crippen LogP contribution in [-0.2, 0) is 11.3 Å². The van der Waals surface area contributed by atoms with Crippen molar-refractivity contribution in [3.8, 4) is 0 Å². The molecule has 2 N–H and O–H groups in total. The second-order valence-electron chi connectivity index (χ2n) is 4.43. The highest BCUT2D eigenvalue weighted by Gasteiger charge is 2.13. The Labute approximate surface area is 105 Å². The highest BCUT2D eigenvalue weighted by Crippen LogP contribution is 2.12. The molecule has 2 rings (SSSR count). The Morgan fingerprint density at radius 3 is 3.00 bits per heavy atom. The molecule has 0 saturated carbocycles. The Kier molecular flexibility index (Phi) is 4.66.